The van der Waals surface area contributed by atoms with E-state index >= 15 is 0 Å². The summed E-state index contributed by atoms with van der Waals surface area (Å²) in [6, 6.07) is 0.905. The lowest BCUT2D eigenvalue weighted by atomic mass is 10.2. The van der Waals surface area contributed by atoms with Crippen LogP contribution in [0.4, 0.5) is 0 Å². The SMILES string of the molecule is CN(CCCCCCO)C1CC1. The van der Waals surface area contributed by atoms with Gasteiger partial charge in [-0.3, -0.25) is 0 Å². The van der Waals surface area contributed by atoms with Gasteiger partial charge in [-0.15, -0.1) is 0 Å². The van der Waals surface area contributed by atoms with E-state index in [1.165, 1.54) is 38.6 Å². The maximum Gasteiger partial charge on any atom is 0.0431 e. The zero-order chi connectivity index (χ0) is 8.81. The lowest BCUT2D eigenvalue weighted by Crippen LogP contribution is -2.21. The van der Waals surface area contributed by atoms with E-state index in [-0.39, 0.29) is 0 Å². The molecule has 2 nitrogen and oxygen atoms in total. The average molecular weight is 171 g/mol. The smallest absolute Gasteiger partial charge is 0.0431 e. The fraction of sp³-hybridized carbons (Fsp3) is 1.00. The summed E-state index contributed by atoms with van der Waals surface area (Å²) in [4.78, 5) is 2.47. The molecule has 0 aromatic heterocycles. The molecule has 1 N–H and O–H groups in total. The lowest BCUT2D eigenvalue weighted by Gasteiger charge is -2.14. The van der Waals surface area contributed by atoms with Gasteiger partial charge in [0.15, 0.2) is 0 Å². The topological polar surface area (TPSA) is 23.5 Å². The summed E-state index contributed by atoms with van der Waals surface area (Å²) in [6.07, 6.45) is 7.56. The Balaban J connectivity index is 1.81. The molecule has 1 aliphatic rings. The van der Waals surface area contributed by atoms with Crippen LogP contribution < -0.4 is 0 Å². The summed E-state index contributed by atoms with van der Waals surface area (Å²) >= 11 is 0. The van der Waals surface area contributed by atoms with Crippen LogP contribution in [0.3, 0.4) is 0 Å². The fourth-order valence-corrected chi connectivity index (χ4v) is 1.52. The van der Waals surface area contributed by atoms with Crippen molar-refractivity contribution < 1.29 is 5.11 Å². The number of hydrogen-bond donors (Lipinski definition) is 1. The Bertz CT molecular complexity index is 112. The molecule has 1 rings (SSSR count). The molecule has 0 unspecified atom stereocenters. The van der Waals surface area contributed by atoms with Crippen molar-refractivity contribution in [1.82, 2.24) is 4.90 Å². The van der Waals surface area contributed by atoms with E-state index in [1.54, 1.807) is 0 Å². The van der Waals surface area contributed by atoms with Gasteiger partial charge in [0.25, 0.3) is 0 Å². The van der Waals surface area contributed by atoms with Gasteiger partial charge in [-0.2, -0.15) is 0 Å². The molecule has 12 heavy (non-hydrogen) atoms. The van der Waals surface area contributed by atoms with Crippen LogP contribution in [0.15, 0.2) is 0 Å². The third-order valence-electron chi connectivity index (χ3n) is 2.59. The molecule has 0 heterocycles. The molecule has 0 spiro atoms. The van der Waals surface area contributed by atoms with Crippen LogP contribution in [0.5, 0.6) is 0 Å². The first-order chi connectivity index (χ1) is 5.84. The van der Waals surface area contributed by atoms with Crippen LogP contribution in [0.2, 0.25) is 0 Å². The molecule has 72 valence electrons. The molecule has 0 amide bonds. The largest absolute Gasteiger partial charge is 0.396 e. The molecule has 0 saturated heterocycles. The third kappa shape index (κ3) is 4.07. The molecule has 1 fully saturated rings. The minimum atomic E-state index is 0.360. The van der Waals surface area contributed by atoms with Gasteiger partial charge < -0.3 is 10.0 Å². The van der Waals surface area contributed by atoms with E-state index < -0.39 is 0 Å². The molecule has 1 saturated carbocycles. The molecular formula is C10H21NO. The number of unbranched alkanes of at least 4 members (excludes halogenated alkanes) is 3. The Morgan fingerprint density at radius 2 is 1.83 bits per heavy atom. The summed E-state index contributed by atoms with van der Waals surface area (Å²) in [5.41, 5.74) is 0. The maximum absolute atomic E-state index is 8.56. The van der Waals surface area contributed by atoms with Gasteiger partial charge >= 0.3 is 0 Å². The molecule has 0 aromatic carbocycles. The summed E-state index contributed by atoms with van der Waals surface area (Å²) < 4.78 is 0. The zero-order valence-electron chi connectivity index (χ0n) is 8.13. The second-order valence-electron chi connectivity index (χ2n) is 3.85. The molecule has 2 heteroatoms. The van der Waals surface area contributed by atoms with Crippen LogP contribution in [0.1, 0.15) is 38.5 Å². The molecule has 0 radical (unpaired) electrons. The molecule has 0 bridgehead atoms. The van der Waals surface area contributed by atoms with Crippen molar-refractivity contribution in [3.8, 4) is 0 Å². The Labute approximate surface area is 75.6 Å². The summed E-state index contributed by atoms with van der Waals surface area (Å²) in [7, 11) is 2.23. The van der Waals surface area contributed by atoms with Gasteiger partial charge in [-0.1, -0.05) is 12.8 Å². The number of hydrogen-bond acceptors (Lipinski definition) is 2. The first kappa shape index (κ1) is 10.0. The highest BCUT2D eigenvalue weighted by molar-refractivity contribution is 4.81. The second-order valence-corrected chi connectivity index (χ2v) is 3.85. The van der Waals surface area contributed by atoms with Crippen LogP contribution in [0, 0.1) is 0 Å². The van der Waals surface area contributed by atoms with Gasteiger partial charge in [-0.05, 0) is 39.3 Å². The normalized spacial score (nSPS) is 17.2. The van der Waals surface area contributed by atoms with Crippen LogP contribution in [-0.2, 0) is 0 Å². The lowest BCUT2D eigenvalue weighted by molar-refractivity contribution is 0.276. The number of nitrogens with zero attached hydrogens (tertiary/aromatic N) is 1. The molecular weight excluding hydrogens is 150 g/mol. The quantitative estimate of drug-likeness (QED) is 0.589. The molecule has 0 aliphatic heterocycles. The second kappa shape index (κ2) is 5.55. The van der Waals surface area contributed by atoms with Crippen molar-refractivity contribution in [2.24, 2.45) is 0 Å². The first-order valence-electron chi connectivity index (χ1n) is 5.15. The minimum absolute atomic E-state index is 0.360. The Kier molecular flexibility index (Phi) is 4.62. The van der Waals surface area contributed by atoms with E-state index in [1.807, 2.05) is 0 Å². The van der Waals surface area contributed by atoms with Gasteiger partial charge in [-0.25, -0.2) is 0 Å². The van der Waals surface area contributed by atoms with E-state index in [0.717, 1.165) is 12.5 Å². The third-order valence-corrected chi connectivity index (χ3v) is 2.59. The van der Waals surface area contributed by atoms with E-state index in [0.29, 0.717) is 6.61 Å². The predicted molar refractivity (Wildman–Crippen MR) is 51.2 cm³/mol. The summed E-state index contributed by atoms with van der Waals surface area (Å²) in [6.45, 7) is 1.61. The van der Waals surface area contributed by atoms with Crippen LogP contribution in [0.25, 0.3) is 0 Å². The van der Waals surface area contributed by atoms with Gasteiger partial charge in [0.05, 0.1) is 0 Å². The number of aliphatic hydroxyl groups is 1. The van der Waals surface area contributed by atoms with Gasteiger partial charge in [0, 0.05) is 12.6 Å². The number of aliphatic hydroxyl groups excluding tert-OH is 1. The van der Waals surface area contributed by atoms with Crippen molar-refractivity contribution in [2.75, 3.05) is 20.2 Å². The first-order valence-corrected chi connectivity index (χ1v) is 5.15. The van der Waals surface area contributed by atoms with Gasteiger partial charge in [0.2, 0.25) is 0 Å². The van der Waals surface area contributed by atoms with Crippen molar-refractivity contribution >= 4 is 0 Å². The number of rotatable bonds is 7. The fourth-order valence-electron chi connectivity index (χ4n) is 1.52. The highest BCUT2D eigenvalue weighted by atomic mass is 16.2. The van der Waals surface area contributed by atoms with E-state index in [2.05, 4.69) is 11.9 Å². The summed E-state index contributed by atoms with van der Waals surface area (Å²) in [5, 5.41) is 8.56. The van der Waals surface area contributed by atoms with Crippen LogP contribution in [-0.4, -0.2) is 36.2 Å². The summed E-state index contributed by atoms with van der Waals surface area (Å²) in [5.74, 6) is 0. The predicted octanol–water partition coefficient (Wildman–Crippen LogP) is 1.63. The monoisotopic (exact) mass is 171 g/mol. The Morgan fingerprint density at radius 3 is 2.42 bits per heavy atom. The van der Waals surface area contributed by atoms with E-state index in [9.17, 15) is 0 Å². The van der Waals surface area contributed by atoms with Gasteiger partial charge in [0.1, 0.15) is 0 Å². The van der Waals surface area contributed by atoms with Crippen molar-refractivity contribution in [3.05, 3.63) is 0 Å². The minimum Gasteiger partial charge on any atom is -0.396 e. The highest BCUT2D eigenvalue weighted by Gasteiger charge is 2.25. The molecule has 0 atom stereocenters. The maximum atomic E-state index is 8.56. The van der Waals surface area contributed by atoms with Crippen molar-refractivity contribution in [3.63, 3.8) is 0 Å². The van der Waals surface area contributed by atoms with E-state index in [4.69, 9.17) is 5.11 Å². The molecule has 1 aliphatic carbocycles. The molecule has 0 aromatic rings. The van der Waals surface area contributed by atoms with Crippen molar-refractivity contribution in [1.29, 1.82) is 0 Å². The zero-order valence-corrected chi connectivity index (χ0v) is 8.13. The Hall–Kier alpha value is -0.0800. The van der Waals surface area contributed by atoms with Crippen LogP contribution >= 0.6 is 0 Å². The van der Waals surface area contributed by atoms with Crippen molar-refractivity contribution in [2.45, 2.75) is 44.6 Å². The standard InChI is InChI=1S/C10H21NO/c1-11(10-6-7-10)8-4-2-3-5-9-12/h10,12H,2-9H2,1H3. The highest BCUT2D eigenvalue weighted by Crippen LogP contribution is 2.25. The Morgan fingerprint density at radius 1 is 1.17 bits per heavy atom. The average Bonchev–Trinajstić information content (AvgIpc) is 2.86.